The third-order valence-electron chi connectivity index (χ3n) is 3.12. The number of rotatable bonds is 6. The lowest BCUT2D eigenvalue weighted by Gasteiger charge is -2.25. The summed E-state index contributed by atoms with van der Waals surface area (Å²) < 4.78 is 0. The Balaban J connectivity index is 2.84. The van der Waals surface area contributed by atoms with Crippen LogP contribution in [-0.4, -0.2) is 47.6 Å². The number of carbonyl (C=O) groups is 1. The summed E-state index contributed by atoms with van der Waals surface area (Å²) in [5, 5.41) is 9.73. The van der Waals surface area contributed by atoms with Crippen LogP contribution in [0.3, 0.4) is 0 Å². The van der Waals surface area contributed by atoms with E-state index in [0.29, 0.717) is 18.9 Å². The monoisotopic (exact) mass is 265 g/mol. The van der Waals surface area contributed by atoms with E-state index < -0.39 is 6.10 Å². The molecule has 0 aliphatic carbocycles. The number of aliphatic hydroxyl groups excluding tert-OH is 1. The van der Waals surface area contributed by atoms with E-state index in [2.05, 4.69) is 4.98 Å². The molecule has 1 heterocycles. The Bertz CT molecular complexity index is 417. The fourth-order valence-electron chi connectivity index (χ4n) is 2.01. The molecule has 1 amide bonds. The summed E-state index contributed by atoms with van der Waals surface area (Å²) in [6.07, 6.45) is 1.06. The smallest absolute Gasteiger partial charge is 0.242 e. The summed E-state index contributed by atoms with van der Waals surface area (Å²) in [5.41, 5.74) is 0.734. The minimum Gasteiger partial charge on any atom is -0.389 e. The Morgan fingerprint density at radius 3 is 2.58 bits per heavy atom. The molecule has 1 N–H and O–H groups in total. The van der Waals surface area contributed by atoms with Crippen molar-refractivity contribution in [2.24, 2.45) is 0 Å². The zero-order valence-corrected chi connectivity index (χ0v) is 12.1. The van der Waals surface area contributed by atoms with Crippen molar-refractivity contribution in [1.82, 2.24) is 9.88 Å². The molecule has 0 radical (unpaired) electrons. The van der Waals surface area contributed by atoms with E-state index in [4.69, 9.17) is 0 Å². The Labute approximate surface area is 114 Å². The molecular formula is C14H23N3O2. The molecule has 0 spiro atoms. The van der Waals surface area contributed by atoms with Crippen LogP contribution in [0.2, 0.25) is 0 Å². The number of hydrogen-bond acceptors (Lipinski definition) is 4. The Morgan fingerprint density at radius 1 is 1.42 bits per heavy atom. The molecule has 5 nitrogen and oxygen atoms in total. The first-order chi connectivity index (χ1) is 9.01. The molecule has 0 aromatic carbocycles. The maximum atomic E-state index is 12.1. The first-order valence-corrected chi connectivity index (χ1v) is 6.63. The molecule has 1 unspecified atom stereocenters. The molecule has 1 aromatic rings. The number of nitrogens with zero attached hydrogens (tertiary/aromatic N) is 3. The third kappa shape index (κ3) is 3.92. The van der Waals surface area contributed by atoms with Gasteiger partial charge in [0, 0.05) is 31.9 Å². The number of likely N-dealkylation sites (N-methyl/N-ethyl adjacent to an activating group) is 2. The van der Waals surface area contributed by atoms with E-state index in [-0.39, 0.29) is 12.5 Å². The second-order valence-corrected chi connectivity index (χ2v) is 4.51. The fraction of sp³-hybridized carbons (Fsp3) is 0.571. The number of aromatic nitrogens is 1. The van der Waals surface area contributed by atoms with Crippen molar-refractivity contribution in [3.8, 4) is 0 Å². The molecule has 1 atom stereocenters. The van der Waals surface area contributed by atoms with Crippen LogP contribution in [0, 0.1) is 0 Å². The van der Waals surface area contributed by atoms with Gasteiger partial charge >= 0.3 is 0 Å². The topological polar surface area (TPSA) is 56.7 Å². The van der Waals surface area contributed by atoms with Crippen molar-refractivity contribution >= 4 is 11.7 Å². The van der Waals surface area contributed by atoms with E-state index in [0.717, 1.165) is 5.56 Å². The third-order valence-corrected chi connectivity index (χ3v) is 3.12. The molecule has 1 aromatic heterocycles. The zero-order chi connectivity index (χ0) is 14.4. The summed E-state index contributed by atoms with van der Waals surface area (Å²) in [7, 11) is 1.82. The average Bonchev–Trinajstić information content (AvgIpc) is 2.40. The highest BCUT2D eigenvalue weighted by Crippen LogP contribution is 2.22. The summed E-state index contributed by atoms with van der Waals surface area (Å²) >= 11 is 0. The van der Waals surface area contributed by atoms with Crippen molar-refractivity contribution < 1.29 is 9.90 Å². The van der Waals surface area contributed by atoms with Gasteiger partial charge < -0.3 is 14.9 Å². The van der Waals surface area contributed by atoms with Gasteiger partial charge in [0.15, 0.2) is 0 Å². The predicted molar refractivity (Wildman–Crippen MR) is 76.1 cm³/mol. The van der Waals surface area contributed by atoms with Crippen LogP contribution < -0.4 is 4.90 Å². The van der Waals surface area contributed by atoms with Crippen molar-refractivity contribution in [2.45, 2.75) is 26.9 Å². The molecule has 5 heteroatoms. The lowest BCUT2D eigenvalue weighted by molar-refractivity contribution is -0.129. The number of hydrogen-bond donors (Lipinski definition) is 1. The van der Waals surface area contributed by atoms with Crippen LogP contribution in [0.4, 0.5) is 5.82 Å². The molecule has 0 bridgehead atoms. The van der Waals surface area contributed by atoms with Gasteiger partial charge in [-0.15, -0.1) is 0 Å². The van der Waals surface area contributed by atoms with E-state index >= 15 is 0 Å². The Morgan fingerprint density at radius 2 is 2.05 bits per heavy atom. The van der Waals surface area contributed by atoms with Gasteiger partial charge in [-0.25, -0.2) is 4.98 Å². The van der Waals surface area contributed by atoms with Gasteiger partial charge in [0.25, 0.3) is 0 Å². The van der Waals surface area contributed by atoms with Gasteiger partial charge in [0.1, 0.15) is 5.82 Å². The minimum atomic E-state index is -0.602. The van der Waals surface area contributed by atoms with Crippen molar-refractivity contribution in [3.05, 3.63) is 23.9 Å². The van der Waals surface area contributed by atoms with Crippen LogP contribution in [0.25, 0.3) is 0 Å². The van der Waals surface area contributed by atoms with E-state index in [9.17, 15) is 9.90 Å². The van der Waals surface area contributed by atoms with Gasteiger partial charge in [-0.05, 0) is 26.8 Å². The number of anilines is 1. The highest BCUT2D eigenvalue weighted by Gasteiger charge is 2.17. The lowest BCUT2D eigenvalue weighted by atomic mass is 10.1. The predicted octanol–water partition coefficient (Wildman–Crippen LogP) is 1.44. The van der Waals surface area contributed by atoms with Gasteiger partial charge in [-0.2, -0.15) is 0 Å². The van der Waals surface area contributed by atoms with Crippen LogP contribution in [0.5, 0.6) is 0 Å². The molecule has 0 saturated carbocycles. The molecule has 19 heavy (non-hydrogen) atoms. The standard InChI is InChI=1S/C14H23N3O2/c1-5-17(6-2)13(19)10-16(4)14-12(11(3)18)8-7-9-15-14/h7-9,11,18H,5-6,10H2,1-4H3. The average molecular weight is 265 g/mol. The highest BCUT2D eigenvalue weighted by atomic mass is 16.3. The largest absolute Gasteiger partial charge is 0.389 e. The quantitative estimate of drug-likeness (QED) is 0.845. The molecule has 106 valence electrons. The molecule has 0 saturated heterocycles. The number of aliphatic hydroxyl groups is 1. The first-order valence-electron chi connectivity index (χ1n) is 6.63. The van der Waals surface area contributed by atoms with Gasteiger partial charge in [0.2, 0.25) is 5.91 Å². The van der Waals surface area contributed by atoms with Crippen LogP contribution in [-0.2, 0) is 4.79 Å². The summed E-state index contributed by atoms with van der Waals surface area (Å²) in [6.45, 7) is 7.29. The summed E-state index contributed by atoms with van der Waals surface area (Å²) in [6, 6.07) is 3.61. The van der Waals surface area contributed by atoms with Crippen molar-refractivity contribution in [3.63, 3.8) is 0 Å². The van der Waals surface area contributed by atoms with Gasteiger partial charge in [-0.3, -0.25) is 4.79 Å². The van der Waals surface area contributed by atoms with E-state index in [1.54, 1.807) is 29.0 Å². The lowest BCUT2D eigenvalue weighted by Crippen LogP contribution is -2.39. The van der Waals surface area contributed by atoms with Crippen molar-refractivity contribution in [2.75, 3.05) is 31.6 Å². The fourth-order valence-corrected chi connectivity index (χ4v) is 2.01. The van der Waals surface area contributed by atoms with Gasteiger partial charge in [0.05, 0.1) is 12.6 Å². The SMILES string of the molecule is CCN(CC)C(=O)CN(C)c1ncccc1C(C)O. The Kier molecular flexibility index (Phi) is 5.76. The summed E-state index contributed by atoms with van der Waals surface area (Å²) in [5.74, 6) is 0.715. The second-order valence-electron chi connectivity index (χ2n) is 4.51. The number of pyridine rings is 1. The van der Waals surface area contributed by atoms with Crippen LogP contribution in [0.15, 0.2) is 18.3 Å². The van der Waals surface area contributed by atoms with Crippen LogP contribution >= 0.6 is 0 Å². The maximum Gasteiger partial charge on any atom is 0.242 e. The summed E-state index contributed by atoms with van der Waals surface area (Å²) in [4.78, 5) is 19.9. The second kappa shape index (κ2) is 7.09. The highest BCUT2D eigenvalue weighted by molar-refractivity contribution is 5.81. The zero-order valence-electron chi connectivity index (χ0n) is 12.1. The van der Waals surface area contributed by atoms with E-state index in [1.807, 2.05) is 27.0 Å². The number of carbonyl (C=O) groups excluding carboxylic acids is 1. The van der Waals surface area contributed by atoms with Gasteiger partial charge in [-0.1, -0.05) is 6.07 Å². The molecule has 1 rings (SSSR count). The molecular weight excluding hydrogens is 242 g/mol. The van der Waals surface area contributed by atoms with Crippen LogP contribution in [0.1, 0.15) is 32.4 Å². The Hall–Kier alpha value is -1.62. The maximum absolute atomic E-state index is 12.1. The van der Waals surface area contributed by atoms with Crippen molar-refractivity contribution in [1.29, 1.82) is 0 Å². The normalized spacial score (nSPS) is 12.1. The minimum absolute atomic E-state index is 0.0645. The molecule has 0 aliphatic heterocycles. The molecule has 0 fully saturated rings. The number of amides is 1. The first kappa shape index (κ1) is 15.4. The molecule has 0 aliphatic rings. The van der Waals surface area contributed by atoms with E-state index in [1.165, 1.54) is 0 Å².